The molecule has 0 N–H and O–H groups in total. The largest absolute Gasteiger partial charge is 0.258 e. The molecule has 0 aliphatic rings. The van der Waals surface area contributed by atoms with Crippen molar-refractivity contribution < 1.29 is 0 Å². The maximum atomic E-state index is 4.44. The van der Waals surface area contributed by atoms with Gasteiger partial charge in [-0.1, -0.05) is 19.3 Å². The molecule has 0 fully saturated rings. The Balaban J connectivity index is 1.60. The van der Waals surface area contributed by atoms with E-state index in [0.717, 1.165) is 22.8 Å². The second-order valence-electron chi connectivity index (χ2n) is 6.78. The van der Waals surface area contributed by atoms with Gasteiger partial charge < -0.3 is 0 Å². The zero-order valence-electron chi connectivity index (χ0n) is 15.2. The molecule has 0 aromatic carbocycles. The highest BCUT2D eigenvalue weighted by atomic mass is 14.7. The maximum Gasteiger partial charge on any atom is 0.0378 e. The standard InChI is InChI=1S/C21H30N2/c1-16-12-20(13-17(2)22-16)10-8-6-5-7-9-11-21-14-18(3)23-19(4)15-21/h12-15H,5-11H2,1-4H3. The molecule has 0 bridgehead atoms. The number of aryl methyl sites for hydroxylation is 6. The smallest absolute Gasteiger partial charge is 0.0378 e. The van der Waals surface area contributed by atoms with Crippen LogP contribution in [-0.2, 0) is 12.8 Å². The van der Waals surface area contributed by atoms with E-state index in [1.165, 1.54) is 56.1 Å². The van der Waals surface area contributed by atoms with E-state index in [-0.39, 0.29) is 0 Å². The van der Waals surface area contributed by atoms with Crippen LogP contribution in [0, 0.1) is 27.7 Å². The summed E-state index contributed by atoms with van der Waals surface area (Å²) in [7, 11) is 0. The molecular formula is C21H30N2. The van der Waals surface area contributed by atoms with E-state index in [0.29, 0.717) is 0 Å². The van der Waals surface area contributed by atoms with E-state index < -0.39 is 0 Å². The van der Waals surface area contributed by atoms with Crippen molar-refractivity contribution in [1.29, 1.82) is 0 Å². The number of aromatic nitrogens is 2. The fourth-order valence-electron chi connectivity index (χ4n) is 3.32. The lowest BCUT2D eigenvalue weighted by molar-refractivity contribution is 0.613. The lowest BCUT2D eigenvalue weighted by Gasteiger charge is -2.06. The first-order valence-corrected chi connectivity index (χ1v) is 8.91. The van der Waals surface area contributed by atoms with Gasteiger partial charge in [0.15, 0.2) is 0 Å². The Morgan fingerprint density at radius 3 is 1.17 bits per heavy atom. The average molecular weight is 310 g/mol. The van der Waals surface area contributed by atoms with Crippen LogP contribution in [0.4, 0.5) is 0 Å². The zero-order valence-corrected chi connectivity index (χ0v) is 15.2. The maximum absolute atomic E-state index is 4.44. The van der Waals surface area contributed by atoms with Crippen molar-refractivity contribution in [1.82, 2.24) is 9.97 Å². The number of nitrogens with zero attached hydrogens (tertiary/aromatic N) is 2. The molecule has 124 valence electrons. The number of unbranched alkanes of at least 4 members (excludes halogenated alkanes) is 4. The van der Waals surface area contributed by atoms with Crippen LogP contribution >= 0.6 is 0 Å². The Hall–Kier alpha value is -1.70. The van der Waals surface area contributed by atoms with E-state index in [9.17, 15) is 0 Å². The second kappa shape index (κ2) is 8.81. The molecule has 2 rings (SSSR count). The summed E-state index contributed by atoms with van der Waals surface area (Å²) in [6.07, 6.45) is 8.95. The first kappa shape index (κ1) is 17.7. The molecule has 0 spiro atoms. The number of pyridine rings is 2. The number of hydrogen-bond donors (Lipinski definition) is 0. The molecule has 0 unspecified atom stereocenters. The van der Waals surface area contributed by atoms with Gasteiger partial charge in [0.05, 0.1) is 0 Å². The molecule has 23 heavy (non-hydrogen) atoms. The fraction of sp³-hybridized carbons (Fsp3) is 0.524. The van der Waals surface area contributed by atoms with E-state index in [2.05, 4.69) is 61.9 Å². The first-order valence-electron chi connectivity index (χ1n) is 8.91. The molecule has 0 radical (unpaired) electrons. The summed E-state index contributed by atoms with van der Waals surface area (Å²) in [4.78, 5) is 8.88. The lowest BCUT2D eigenvalue weighted by atomic mass is 10.0. The molecular weight excluding hydrogens is 280 g/mol. The molecule has 0 saturated heterocycles. The van der Waals surface area contributed by atoms with Crippen LogP contribution in [0.1, 0.15) is 66.0 Å². The highest BCUT2D eigenvalue weighted by Crippen LogP contribution is 2.13. The fourth-order valence-corrected chi connectivity index (χ4v) is 3.32. The zero-order chi connectivity index (χ0) is 16.7. The first-order chi connectivity index (χ1) is 11.0. The predicted octanol–water partition coefficient (Wildman–Crippen LogP) is 5.45. The summed E-state index contributed by atoms with van der Waals surface area (Å²) in [6.45, 7) is 8.33. The van der Waals surface area contributed by atoms with Gasteiger partial charge in [0.25, 0.3) is 0 Å². The third-order valence-corrected chi connectivity index (χ3v) is 4.21. The van der Waals surface area contributed by atoms with Crippen molar-refractivity contribution in [3.8, 4) is 0 Å². The van der Waals surface area contributed by atoms with Crippen molar-refractivity contribution in [3.63, 3.8) is 0 Å². The average Bonchev–Trinajstić information content (AvgIpc) is 2.44. The predicted molar refractivity (Wildman–Crippen MR) is 97.9 cm³/mol. The van der Waals surface area contributed by atoms with Crippen LogP contribution in [0.25, 0.3) is 0 Å². The second-order valence-corrected chi connectivity index (χ2v) is 6.78. The van der Waals surface area contributed by atoms with Gasteiger partial charge in [-0.3, -0.25) is 9.97 Å². The van der Waals surface area contributed by atoms with Gasteiger partial charge in [-0.05, 0) is 88.8 Å². The van der Waals surface area contributed by atoms with E-state index in [1.54, 1.807) is 0 Å². The highest BCUT2D eigenvalue weighted by molar-refractivity contribution is 5.21. The molecule has 2 nitrogen and oxygen atoms in total. The van der Waals surface area contributed by atoms with Crippen molar-refractivity contribution in [2.75, 3.05) is 0 Å². The summed E-state index contributed by atoms with van der Waals surface area (Å²) >= 11 is 0. The molecule has 2 heteroatoms. The molecule has 0 aliphatic carbocycles. The molecule has 0 amide bonds. The van der Waals surface area contributed by atoms with Crippen LogP contribution in [0.15, 0.2) is 24.3 Å². The molecule has 0 saturated carbocycles. The molecule has 0 atom stereocenters. The van der Waals surface area contributed by atoms with Gasteiger partial charge in [-0.15, -0.1) is 0 Å². The van der Waals surface area contributed by atoms with E-state index in [1.807, 2.05) is 0 Å². The van der Waals surface area contributed by atoms with Gasteiger partial charge >= 0.3 is 0 Å². The Morgan fingerprint density at radius 1 is 0.522 bits per heavy atom. The van der Waals surface area contributed by atoms with Crippen LogP contribution in [0.5, 0.6) is 0 Å². The third-order valence-electron chi connectivity index (χ3n) is 4.21. The topological polar surface area (TPSA) is 25.8 Å². The summed E-state index contributed by atoms with van der Waals surface area (Å²) in [5.41, 5.74) is 7.45. The Labute approximate surface area is 141 Å². The van der Waals surface area contributed by atoms with Crippen molar-refractivity contribution in [2.45, 2.75) is 72.6 Å². The van der Waals surface area contributed by atoms with Crippen LogP contribution in [0.3, 0.4) is 0 Å². The Kier molecular flexibility index (Phi) is 6.76. The minimum atomic E-state index is 1.14. The Morgan fingerprint density at radius 2 is 0.826 bits per heavy atom. The van der Waals surface area contributed by atoms with E-state index >= 15 is 0 Å². The summed E-state index contributed by atoms with van der Waals surface area (Å²) < 4.78 is 0. The number of rotatable bonds is 8. The van der Waals surface area contributed by atoms with Gasteiger partial charge in [0, 0.05) is 22.8 Å². The van der Waals surface area contributed by atoms with Crippen LogP contribution in [0.2, 0.25) is 0 Å². The molecule has 2 aromatic heterocycles. The SMILES string of the molecule is Cc1cc(CCCCCCCc2cc(C)nc(C)c2)cc(C)n1. The van der Waals surface area contributed by atoms with Gasteiger partial charge in [-0.25, -0.2) is 0 Å². The summed E-state index contributed by atoms with van der Waals surface area (Å²) in [5, 5.41) is 0. The van der Waals surface area contributed by atoms with Crippen molar-refractivity contribution in [3.05, 3.63) is 58.2 Å². The van der Waals surface area contributed by atoms with Crippen molar-refractivity contribution >= 4 is 0 Å². The number of hydrogen-bond acceptors (Lipinski definition) is 2. The Bertz CT molecular complexity index is 536. The van der Waals surface area contributed by atoms with Gasteiger partial charge in [0.1, 0.15) is 0 Å². The third kappa shape index (κ3) is 6.52. The van der Waals surface area contributed by atoms with Gasteiger partial charge in [0.2, 0.25) is 0 Å². The molecule has 2 aromatic rings. The summed E-state index contributed by atoms with van der Waals surface area (Å²) in [5.74, 6) is 0. The molecule has 0 aliphatic heterocycles. The van der Waals surface area contributed by atoms with Crippen molar-refractivity contribution in [2.24, 2.45) is 0 Å². The lowest BCUT2D eigenvalue weighted by Crippen LogP contribution is -1.93. The minimum Gasteiger partial charge on any atom is -0.258 e. The summed E-state index contributed by atoms with van der Waals surface area (Å²) in [6, 6.07) is 8.89. The monoisotopic (exact) mass is 310 g/mol. The highest BCUT2D eigenvalue weighted by Gasteiger charge is 2.00. The van der Waals surface area contributed by atoms with Crippen LogP contribution < -0.4 is 0 Å². The van der Waals surface area contributed by atoms with Gasteiger partial charge in [-0.2, -0.15) is 0 Å². The van der Waals surface area contributed by atoms with Crippen LogP contribution in [-0.4, -0.2) is 9.97 Å². The quantitative estimate of drug-likeness (QED) is 0.606. The van der Waals surface area contributed by atoms with E-state index in [4.69, 9.17) is 0 Å². The normalized spacial score (nSPS) is 11.0. The molecule has 2 heterocycles. The minimum absolute atomic E-state index is 1.14.